The second-order valence-electron chi connectivity index (χ2n) is 29.2. The maximum atomic E-state index is 13.5. The fourth-order valence-corrected chi connectivity index (χ4v) is 13.3. The van der Waals surface area contributed by atoms with E-state index in [4.69, 9.17) is 28.4 Å². The first kappa shape index (κ1) is 97.1. The zero-order valence-corrected chi connectivity index (χ0v) is 65.8. The van der Waals surface area contributed by atoms with Crippen molar-refractivity contribution in [2.45, 2.75) is 388 Å². The van der Waals surface area contributed by atoms with Crippen LogP contribution >= 0.6 is 0 Å². The van der Waals surface area contributed by atoms with Crippen molar-refractivity contribution in [1.82, 2.24) is 5.32 Å². The molecule has 0 aromatic carbocycles. The quantitative estimate of drug-likeness (QED) is 0.0199. The van der Waals surface area contributed by atoms with E-state index >= 15 is 0 Å². The van der Waals surface area contributed by atoms with Gasteiger partial charge in [0, 0.05) is 6.42 Å². The van der Waals surface area contributed by atoms with E-state index in [1.54, 1.807) is 6.08 Å². The molecule has 17 atom stereocenters. The van der Waals surface area contributed by atoms with Crippen molar-refractivity contribution in [3.63, 3.8) is 0 Å². The van der Waals surface area contributed by atoms with Crippen LogP contribution in [0.1, 0.15) is 284 Å². The third kappa shape index (κ3) is 45.9. The molecule has 0 spiro atoms. The summed E-state index contributed by atoms with van der Waals surface area (Å²) >= 11 is 0. The lowest BCUT2D eigenvalue weighted by Crippen LogP contribution is -2.66. The van der Waals surface area contributed by atoms with Gasteiger partial charge in [0.1, 0.15) is 73.2 Å². The van der Waals surface area contributed by atoms with Gasteiger partial charge in [-0.2, -0.15) is 0 Å². The van der Waals surface area contributed by atoms with E-state index in [2.05, 4.69) is 141 Å². The first-order valence-corrected chi connectivity index (χ1v) is 41.9. The number of rotatable bonds is 65. The SMILES string of the molecule is CC/C=C\C/C=C\C/C=C\C/C=C\C/C=C\C/C=C\C/C=C\C/C=C\C/C=C\C/C=C\CCCCCCCCCCCCC(=O)NC(COC1OC(CO)C(OC2OC(CO)C(OC3OC(CO)C(O)C(O)C3O)C(O)C2O)C(O)C1O)C(O)/C=C/CCCCCCCCCCCCCCCCCCCCC. The predicted molar refractivity (Wildman–Crippen MR) is 429 cm³/mol. The molecule has 3 saturated heterocycles. The highest BCUT2D eigenvalue weighted by Gasteiger charge is 2.54. The molecule has 107 heavy (non-hydrogen) atoms. The van der Waals surface area contributed by atoms with Crippen molar-refractivity contribution in [2.24, 2.45) is 0 Å². The molecule has 19 nitrogen and oxygen atoms in total. The Labute approximate surface area is 645 Å². The molecule has 19 heteroatoms. The van der Waals surface area contributed by atoms with Crippen molar-refractivity contribution < 1.29 is 89.4 Å². The van der Waals surface area contributed by atoms with Crippen LogP contribution in [0.2, 0.25) is 0 Å². The molecule has 614 valence electrons. The van der Waals surface area contributed by atoms with E-state index in [9.17, 15) is 61.0 Å². The number of amides is 1. The van der Waals surface area contributed by atoms with Gasteiger partial charge in [0.05, 0.1) is 38.6 Å². The zero-order valence-electron chi connectivity index (χ0n) is 65.8. The smallest absolute Gasteiger partial charge is 0.220 e. The summed E-state index contributed by atoms with van der Waals surface area (Å²) in [5.74, 6) is -0.283. The summed E-state index contributed by atoms with van der Waals surface area (Å²) in [6.07, 6.45) is 68.6. The molecule has 3 rings (SSSR count). The fraction of sp³-hybridized carbons (Fsp3) is 0.739. The van der Waals surface area contributed by atoms with Gasteiger partial charge in [0.15, 0.2) is 18.9 Å². The number of ether oxygens (including phenoxy) is 6. The molecule has 17 unspecified atom stereocenters. The number of aliphatic hydroxyl groups excluding tert-OH is 11. The van der Waals surface area contributed by atoms with Crippen molar-refractivity contribution in [1.29, 1.82) is 0 Å². The van der Waals surface area contributed by atoms with Crippen LogP contribution in [0.4, 0.5) is 0 Å². The van der Waals surface area contributed by atoms with E-state index in [1.165, 1.54) is 135 Å². The van der Waals surface area contributed by atoms with Crippen LogP contribution in [-0.2, 0) is 33.2 Å². The number of hydrogen-bond acceptors (Lipinski definition) is 18. The third-order valence-corrected chi connectivity index (χ3v) is 20.0. The van der Waals surface area contributed by atoms with Gasteiger partial charge in [0.25, 0.3) is 0 Å². The van der Waals surface area contributed by atoms with E-state index in [-0.39, 0.29) is 18.9 Å². The molecule has 0 saturated carbocycles. The summed E-state index contributed by atoms with van der Waals surface area (Å²) in [4.78, 5) is 13.5. The highest BCUT2D eigenvalue weighted by molar-refractivity contribution is 5.76. The molecule has 3 fully saturated rings. The van der Waals surface area contributed by atoms with E-state index in [1.807, 2.05) is 6.08 Å². The topological polar surface area (TPSA) is 307 Å². The first-order valence-electron chi connectivity index (χ1n) is 41.9. The number of hydrogen-bond donors (Lipinski definition) is 12. The van der Waals surface area contributed by atoms with Crippen molar-refractivity contribution >= 4 is 5.91 Å². The molecule has 3 heterocycles. The van der Waals surface area contributed by atoms with Crippen LogP contribution in [0.15, 0.2) is 134 Å². The lowest BCUT2D eigenvalue weighted by molar-refractivity contribution is -0.379. The Bertz CT molecular complexity index is 2450. The maximum absolute atomic E-state index is 13.5. The Kier molecular flexibility index (Phi) is 60.4. The summed E-state index contributed by atoms with van der Waals surface area (Å²) < 4.78 is 34.5. The highest BCUT2D eigenvalue weighted by Crippen LogP contribution is 2.33. The summed E-state index contributed by atoms with van der Waals surface area (Å²) in [5.41, 5.74) is 0. The largest absolute Gasteiger partial charge is 0.394 e. The standard InChI is InChI=1S/C88H149NO18/c1-3-5-7-9-11-13-15-17-19-21-23-25-26-27-28-29-30-31-32-33-34-35-36-37-38-39-40-41-42-43-44-46-48-50-52-54-56-58-60-62-64-66-76(94)89-71(72(93)65-63-61-59-57-55-53-51-49-47-45-24-22-20-18-16-14-12-10-8-6-4-2)70-102-86-82(100)79(97)84(74(68-91)104-86)107-88-83(101)80(98)85(75(69-92)105-88)106-87-81(99)78(96)77(95)73(67-90)103-87/h5,7,11,13,17,19,23,25,27-28,30-31,33-34,36-37,39-40,42-43,63,65,71-75,77-88,90-93,95-101H,3-4,6,8-10,12,14-16,18,20-22,24,26,29,32,35,38,41,44-62,64,66-70H2,1-2H3,(H,89,94)/b7-5-,13-11-,19-17-,25-23-,28-27-,31-30-,34-33-,37-36-,40-39-,43-42-,65-63+. The lowest BCUT2D eigenvalue weighted by Gasteiger charge is -2.48. The molecule has 0 bridgehead atoms. The molecular formula is C88H149NO18. The van der Waals surface area contributed by atoms with Gasteiger partial charge in [-0.25, -0.2) is 0 Å². The molecule has 12 N–H and O–H groups in total. The van der Waals surface area contributed by atoms with E-state index in [0.717, 1.165) is 122 Å². The van der Waals surface area contributed by atoms with Gasteiger partial charge in [-0.05, 0) is 96.3 Å². The van der Waals surface area contributed by atoms with Gasteiger partial charge in [-0.15, -0.1) is 0 Å². The second-order valence-corrected chi connectivity index (χ2v) is 29.2. The van der Waals surface area contributed by atoms with Gasteiger partial charge in [0.2, 0.25) is 5.91 Å². The lowest BCUT2D eigenvalue weighted by atomic mass is 9.96. The normalized spacial score (nSPS) is 26.2. The minimum Gasteiger partial charge on any atom is -0.394 e. The monoisotopic (exact) mass is 1510 g/mol. The number of nitrogens with one attached hydrogen (secondary N) is 1. The maximum Gasteiger partial charge on any atom is 0.220 e. The van der Waals surface area contributed by atoms with Crippen molar-refractivity contribution in [2.75, 3.05) is 26.4 Å². The number of allylic oxidation sites excluding steroid dienone is 21. The second kappa shape index (κ2) is 66.5. The van der Waals surface area contributed by atoms with Crippen LogP contribution in [0.25, 0.3) is 0 Å². The van der Waals surface area contributed by atoms with Crippen LogP contribution in [-0.4, -0.2) is 193 Å². The van der Waals surface area contributed by atoms with Crippen LogP contribution < -0.4 is 5.32 Å². The van der Waals surface area contributed by atoms with Crippen LogP contribution in [0.3, 0.4) is 0 Å². The number of unbranched alkanes of at least 4 members (excludes halogenated alkanes) is 29. The summed E-state index contributed by atoms with van der Waals surface area (Å²) in [7, 11) is 0. The Balaban J connectivity index is 1.34. The highest BCUT2D eigenvalue weighted by atomic mass is 16.8. The first-order chi connectivity index (χ1) is 52.3. The van der Waals surface area contributed by atoms with E-state index in [0.29, 0.717) is 6.42 Å². The van der Waals surface area contributed by atoms with Gasteiger partial charge in [-0.1, -0.05) is 314 Å². The minimum atomic E-state index is -1.98. The molecule has 3 aliphatic rings. The van der Waals surface area contributed by atoms with Gasteiger partial charge >= 0.3 is 0 Å². The van der Waals surface area contributed by atoms with Crippen molar-refractivity contribution in [3.05, 3.63) is 134 Å². The van der Waals surface area contributed by atoms with Gasteiger partial charge in [-0.3, -0.25) is 4.79 Å². The number of aliphatic hydroxyl groups is 11. The van der Waals surface area contributed by atoms with Crippen LogP contribution in [0.5, 0.6) is 0 Å². The molecule has 0 aromatic rings. The molecule has 0 aliphatic carbocycles. The molecule has 1 amide bonds. The summed E-state index contributed by atoms with van der Waals surface area (Å²) in [6, 6.07) is -0.985. The Morgan fingerprint density at radius 2 is 0.645 bits per heavy atom. The fourth-order valence-electron chi connectivity index (χ4n) is 13.3. The zero-order chi connectivity index (χ0) is 77.4. The van der Waals surface area contributed by atoms with Crippen molar-refractivity contribution in [3.8, 4) is 0 Å². The number of carbonyl (C=O) groups excluding carboxylic acids is 1. The molecule has 3 aliphatic heterocycles. The van der Waals surface area contributed by atoms with Crippen LogP contribution in [0, 0.1) is 0 Å². The Morgan fingerprint density at radius 1 is 0.346 bits per heavy atom. The third-order valence-electron chi connectivity index (χ3n) is 20.0. The summed E-state index contributed by atoms with van der Waals surface area (Å²) in [5, 5.41) is 121. The average molecular weight is 1510 g/mol. The Morgan fingerprint density at radius 3 is 1.01 bits per heavy atom. The predicted octanol–water partition coefficient (Wildman–Crippen LogP) is 14.8. The number of carbonyl (C=O) groups is 1. The average Bonchev–Trinajstić information content (AvgIpc) is 0.782. The van der Waals surface area contributed by atoms with Gasteiger partial charge < -0.3 is 89.9 Å². The van der Waals surface area contributed by atoms with E-state index < -0.39 is 124 Å². The summed E-state index contributed by atoms with van der Waals surface area (Å²) in [6.45, 7) is 1.63. The minimum absolute atomic E-state index is 0.231. The molecule has 0 radical (unpaired) electrons. The molecule has 0 aromatic heterocycles. The molecular weight excluding hydrogens is 1360 g/mol. The Hall–Kier alpha value is -4.07.